The van der Waals surface area contributed by atoms with Crippen LogP contribution in [0.4, 0.5) is 0 Å². The molecule has 2 aromatic rings. The number of nitrogens with zero attached hydrogens (tertiary/aromatic N) is 3. The molecule has 1 saturated heterocycles. The zero-order chi connectivity index (χ0) is 16.9. The van der Waals surface area contributed by atoms with E-state index in [1.54, 1.807) is 7.05 Å². The topological polar surface area (TPSA) is 45.6 Å². The van der Waals surface area contributed by atoms with Crippen LogP contribution in [0.25, 0.3) is 5.69 Å². The van der Waals surface area contributed by atoms with Crippen molar-refractivity contribution in [1.82, 2.24) is 14.4 Å². The van der Waals surface area contributed by atoms with E-state index in [0.29, 0.717) is 6.42 Å². The van der Waals surface area contributed by atoms with Gasteiger partial charge < -0.3 is 14.4 Å². The molecule has 24 heavy (non-hydrogen) atoms. The molecule has 0 aliphatic carbocycles. The summed E-state index contributed by atoms with van der Waals surface area (Å²) in [6.07, 6.45) is 6.42. The maximum absolute atomic E-state index is 12.3. The lowest BCUT2D eigenvalue weighted by Gasteiger charge is -2.21. The predicted octanol–water partition coefficient (Wildman–Crippen LogP) is 2.10. The van der Waals surface area contributed by atoms with Crippen molar-refractivity contribution in [2.75, 3.05) is 26.7 Å². The molecular weight excluding hydrogens is 302 g/mol. The van der Waals surface area contributed by atoms with Gasteiger partial charge in [0.05, 0.1) is 13.0 Å². The Morgan fingerprint density at radius 3 is 2.29 bits per heavy atom. The molecule has 0 unspecified atom stereocenters. The van der Waals surface area contributed by atoms with E-state index in [0.717, 1.165) is 37.2 Å². The molecule has 0 spiro atoms. The van der Waals surface area contributed by atoms with Crippen molar-refractivity contribution in [2.24, 2.45) is 0 Å². The van der Waals surface area contributed by atoms with Gasteiger partial charge in [0.2, 0.25) is 11.8 Å². The molecule has 0 saturated carbocycles. The van der Waals surface area contributed by atoms with E-state index in [9.17, 15) is 9.59 Å². The SMILES string of the molecule is CN(CC(=O)N1CCCC1)C(=O)Cc1ccc(-n2cccc2)cc1. The quantitative estimate of drug-likeness (QED) is 0.845. The van der Waals surface area contributed by atoms with Crippen molar-refractivity contribution in [3.05, 3.63) is 54.4 Å². The summed E-state index contributed by atoms with van der Waals surface area (Å²) < 4.78 is 2.02. The lowest BCUT2D eigenvalue weighted by Crippen LogP contribution is -2.40. The number of hydrogen-bond acceptors (Lipinski definition) is 2. The lowest BCUT2D eigenvalue weighted by atomic mass is 10.1. The number of carbonyl (C=O) groups excluding carboxylic acids is 2. The van der Waals surface area contributed by atoms with Crippen molar-refractivity contribution in [3.8, 4) is 5.69 Å². The molecule has 5 heteroatoms. The Labute approximate surface area is 142 Å². The van der Waals surface area contributed by atoms with Gasteiger partial charge in [-0.25, -0.2) is 0 Å². The van der Waals surface area contributed by atoms with Crippen molar-refractivity contribution in [3.63, 3.8) is 0 Å². The third-order valence-corrected chi connectivity index (χ3v) is 4.45. The Morgan fingerprint density at radius 2 is 1.67 bits per heavy atom. The third-order valence-electron chi connectivity index (χ3n) is 4.45. The number of likely N-dealkylation sites (tertiary alicyclic amines) is 1. The number of amides is 2. The highest BCUT2D eigenvalue weighted by Gasteiger charge is 2.21. The summed E-state index contributed by atoms with van der Waals surface area (Å²) in [5, 5.41) is 0. The average Bonchev–Trinajstić information content (AvgIpc) is 3.29. The molecule has 1 aliphatic heterocycles. The second kappa shape index (κ2) is 7.34. The minimum absolute atomic E-state index is 0.0312. The van der Waals surface area contributed by atoms with Crippen molar-refractivity contribution in [1.29, 1.82) is 0 Å². The van der Waals surface area contributed by atoms with Crippen LogP contribution in [-0.4, -0.2) is 52.9 Å². The van der Waals surface area contributed by atoms with Crippen LogP contribution in [-0.2, 0) is 16.0 Å². The van der Waals surface area contributed by atoms with Crippen LogP contribution in [0.1, 0.15) is 18.4 Å². The first kappa shape index (κ1) is 16.3. The molecular formula is C19H23N3O2. The molecule has 1 aliphatic rings. The van der Waals surface area contributed by atoms with Crippen LogP contribution >= 0.6 is 0 Å². The Kier molecular flexibility index (Phi) is 4.99. The summed E-state index contributed by atoms with van der Waals surface area (Å²) in [7, 11) is 1.70. The maximum Gasteiger partial charge on any atom is 0.242 e. The van der Waals surface area contributed by atoms with Crippen LogP contribution < -0.4 is 0 Å². The summed E-state index contributed by atoms with van der Waals surface area (Å²) in [6.45, 7) is 1.81. The second-order valence-corrected chi connectivity index (χ2v) is 6.27. The highest BCUT2D eigenvalue weighted by molar-refractivity contribution is 5.85. The van der Waals surface area contributed by atoms with Gasteiger partial charge in [0.15, 0.2) is 0 Å². The Morgan fingerprint density at radius 1 is 1.04 bits per heavy atom. The van der Waals surface area contributed by atoms with Crippen molar-refractivity contribution < 1.29 is 9.59 Å². The molecule has 0 atom stereocenters. The van der Waals surface area contributed by atoms with Crippen LogP contribution in [0.5, 0.6) is 0 Å². The molecule has 3 rings (SSSR count). The van der Waals surface area contributed by atoms with Crippen molar-refractivity contribution in [2.45, 2.75) is 19.3 Å². The molecule has 1 aromatic carbocycles. The van der Waals surface area contributed by atoms with Gasteiger partial charge in [-0.15, -0.1) is 0 Å². The summed E-state index contributed by atoms with van der Waals surface area (Å²) in [5.41, 5.74) is 2.02. The summed E-state index contributed by atoms with van der Waals surface area (Å²) >= 11 is 0. The van der Waals surface area contributed by atoms with Gasteiger partial charge in [-0.3, -0.25) is 9.59 Å². The number of carbonyl (C=O) groups is 2. The smallest absolute Gasteiger partial charge is 0.242 e. The highest BCUT2D eigenvalue weighted by Crippen LogP contribution is 2.12. The van der Waals surface area contributed by atoms with Crippen LogP contribution in [0, 0.1) is 0 Å². The van der Waals surface area contributed by atoms with E-state index in [1.807, 2.05) is 58.3 Å². The van der Waals surface area contributed by atoms with Gasteiger partial charge in [-0.2, -0.15) is 0 Å². The van der Waals surface area contributed by atoms with E-state index >= 15 is 0 Å². The van der Waals surface area contributed by atoms with Crippen LogP contribution in [0.3, 0.4) is 0 Å². The fourth-order valence-electron chi connectivity index (χ4n) is 2.96. The average molecular weight is 325 g/mol. The zero-order valence-electron chi connectivity index (χ0n) is 14.0. The first-order valence-electron chi connectivity index (χ1n) is 8.37. The number of rotatable bonds is 5. The zero-order valence-corrected chi connectivity index (χ0v) is 14.0. The number of likely N-dealkylation sites (N-methyl/N-ethyl adjacent to an activating group) is 1. The molecule has 0 N–H and O–H groups in total. The number of aromatic nitrogens is 1. The summed E-state index contributed by atoms with van der Waals surface area (Å²) in [5.74, 6) is 0.0163. The van der Waals surface area contributed by atoms with Gasteiger partial charge in [0, 0.05) is 38.2 Å². The fourth-order valence-corrected chi connectivity index (χ4v) is 2.96. The fraction of sp³-hybridized carbons (Fsp3) is 0.368. The third kappa shape index (κ3) is 3.85. The van der Waals surface area contributed by atoms with E-state index in [1.165, 1.54) is 4.90 Å². The molecule has 1 fully saturated rings. The molecule has 0 bridgehead atoms. The van der Waals surface area contributed by atoms with Crippen molar-refractivity contribution >= 4 is 11.8 Å². The van der Waals surface area contributed by atoms with Crippen LogP contribution in [0.15, 0.2) is 48.8 Å². The number of benzene rings is 1. The van der Waals surface area contributed by atoms with E-state index in [-0.39, 0.29) is 18.4 Å². The monoisotopic (exact) mass is 325 g/mol. The van der Waals surface area contributed by atoms with E-state index in [2.05, 4.69) is 0 Å². The molecule has 1 aromatic heterocycles. The van der Waals surface area contributed by atoms with E-state index < -0.39 is 0 Å². The minimum Gasteiger partial charge on any atom is -0.341 e. The molecule has 0 radical (unpaired) electrons. The van der Waals surface area contributed by atoms with Gasteiger partial charge in [-0.05, 0) is 42.7 Å². The second-order valence-electron chi connectivity index (χ2n) is 6.27. The maximum atomic E-state index is 12.3. The number of hydrogen-bond donors (Lipinski definition) is 0. The minimum atomic E-state index is -0.0312. The van der Waals surface area contributed by atoms with Gasteiger partial charge in [-0.1, -0.05) is 12.1 Å². The standard InChI is InChI=1S/C19H23N3O2/c1-20(15-19(24)22-12-4-5-13-22)18(23)14-16-6-8-17(9-7-16)21-10-2-3-11-21/h2-3,6-11H,4-5,12-15H2,1H3. The normalized spacial score (nSPS) is 14.0. The van der Waals surface area contributed by atoms with Gasteiger partial charge in [0.25, 0.3) is 0 Å². The van der Waals surface area contributed by atoms with Gasteiger partial charge >= 0.3 is 0 Å². The molecule has 5 nitrogen and oxygen atoms in total. The largest absolute Gasteiger partial charge is 0.341 e. The first-order valence-corrected chi connectivity index (χ1v) is 8.37. The van der Waals surface area contributed by atoms with Crippen LogP contribution in [0.2, 0.25) is 0 Å². The Balaban J connectivity index is 1.54. The Bertz CT molecular complexity index is 686. The molecule has 2 amide bonds. The molecule has 2 heterocycles. The molecule has 126 valence electrons. The highest BCUT2D eigenvalue weighted by atomic mass is 16.2. The first-order chi connectivity index (χ1) is 11.6. The lowest BCUT2D eigenvalue weighted by molar-refractivity contribution is -0.138. The summed E-state index contributed by atoms with van der Waals surface area (Å²) in [6, 6.07) is 11.9. The van der Waals surface area contributed by atoms with Gasteiger partial charge in [0.1, 0.15) is 0 Å². The summed E-state index contributed by atoms with van der Waals surface area (Å²) in [4.78, 5) is 27.8. The van der Waals surface area contributed by atoms with E-state index in [4.69, 9.17) is 0 Å². The Hall–Kier alpha value is -2.56. The predicted molar refractivity (Wildman–Crippen MR) is 92.9 cm³/mol.